The maximum absolute atomic E-state index is 10.8. The second kappa shape index (κ2) is 5.91. The van der Waals surface area contributed by atoms with Gasteiger partial charge in [0.1, 0.15) is 0 Å². The highest BCUT2D eigenvalue weighted by atomic mass is 16.4. The van der Waals surface area contributed by atoms with Crippen LogP contribution in [0.2, 0.25) is 0 Å². The molecule has 118 valence electrons. The maximum Gasteiger partial charge on any atom is 0.411 e. The molecule has 0 saturated heterocycles. The molecule has 0 aliphatic rings. The minimum atomic E-state index is -1.19. The lowest BCUT2D eigenvalue weighted by molar-refractivity contribution is 0.209. The van der Waals surface area contributed by atoms with Crippen molar-refractivity contribution < 1.29 is 9.90 Å². The third-order valence-corrected chi connectivity index (χ3v) is 3.51. The summed E-state index contributed by atoms with van der Waals surface area (Å²) in [5.41, 5.74) is 2.62. The van der Waals surface area contributed by atoms with Gasteiger partial charge in [0.25, 0.3) is 0 Å². The van der Waals surface area contributed by atoms with Gasteiger partial charge in [0.2, 0.25) is 11.6 Å². The van der Waals surface area contributed by atoms with Crippen molar-refractivity contribution in [2.45, 2.75) is 13.8 Å². The number of fused-ring (bicyclic) bond motifs is 1. The van der Waals surface area contributed by atoms with E-state index in [2.05, 4.69) is 20.5 Å². The van der Waals surface area contributed by atoms with Crippen molar-refractivity contribution in [3.05, 3.63) is 42.2 Å². The van der Waals surface area contributed by atoms with Gasteiger partial charge in [0, 0.05) is 24.6 Å². The monoisotopic (exact) mass is 312 g/mol. The Balaban J connectivity index is 2.13. The Bertz CT molecular complexity index is 860. The topological polar surface area (TPSA) is 95.7 Å². The first-order chi connectivity index (χ1) is 11.1. The largest absolute Gasteiger partial charge is 0.465 e. The Morgan fingerprint density at radius 2 is 2.13 bits per heavy atom. The smallest absolute Gasteiger partial charge is 0.411 e. The van der Waals surface area contributed by atoms with Gasteiger partial charge < -0.3 is 10.0 Å². The van der Waals surface area contributed by atoms with E-state index < -0.39 is 6.09 Å². The number of amides is 1. The Kier molecular flexibility index (Phi) is 3.80. The molecule has 0 aliphatic carbocycles. The van der Waals surface area contributed by atoms with E-state index >= 15 is 0 Å². The summed E-state index contributed by atoms with van der Waals surface area (Å²) in [5.74, 6) is 0.757. The highest BCUT2D eigenvalue weighted by Crippen LogP contribution is 2.29. The first-order valence-electron chi connectivity index (χ1n) is 7.14. The molecule has 0 radical (unpaired) electrons. The standard InChI is InChI=1S/C15H16N6O2/c1-3-20(11-7-5-4-6-10(11)2)12-13-18-19-14(17-15(22)23)21(13)9-8-16-12/h4-9H,3H2,1-2H3,(H,17,19)(H,22,23). The summed E-state index contributed by atoms with van der Waals surface area (Å²) in [5, 5.41) is 19.1. The summed E-state index contributed by atoms with van der Waals surface area (Å²) >= 11 is 0. The minimum Gasteiger partial charge on any atom is -0.465 e. The van der Waals surface area contributed by atoms with Crippen molar-refractivity contribution in [2.75, 3.05) is 16.8 Å². The second-order valence-corrected chi connectivity index (χ2v) is 4.93. The lowest BCUT2D eigenvalue weighted by Crippen LogP contribution is -2.19. The second-order valence-electron chi connectivity index (χ2n) is 4.93. The zero-order valence-corrected chi connectivity index (χ0v) is 12.8. The number of para-hydroxylation sites is 1. The van der Waals surface area contributed by atoms with Gasteiger partial charge in [-0.2, -0.15) is 0 Å². The summed E-state index contributed by atoms with van der Waals surface area (Å²) in [6.45, 7) is 4.73. The number of aromatic nitrogens is 4. The summed E-state index contributed by atoms with van der Waals surface area (Å²) < 4.78 is 1.57. The highest BCUT2D eigenvalue weighted by Gasteiger charge is 2.18. The van der Waals surface area contributed by atoms with Crippen molar-refractivity contribution in [3.8, 4) is 0 Å². The number of benzene rings is 1. The Morgan fingerprint density at radius 1 is 1.35 bits per heavy atom. The average molecular weight is 312 g/mol. The van der Waals surface area contributed by atoms with Gasteiger partial charge in [-0.05, 0) is 25.5 Å². The number of carbonyl (C=O) groups is 1. The quantitative estimate of drug-likeness (QED) is 0.769. The highest BCUT2D eigenvalue weighted by molar-refractivity contribution is 5.82. The molecule has 3 aromatic rings. The summed E-state index contributed by atoms with van der Waals surface area (Å²) in [6.07, 6.45) is 2.03. The van der Waals surface area contributed by atoms with E-state index in [1.54, 1.807) is 16.8 Å². The zero-order chi connectivity index (χ0) is 16.4. The molecule has 1 aromatic carbocycles. The van der Waals surface area contributed by atoms with Crippen LogP contribution in [-0.4, -0.2) is 37.3 Å². The summed E-state index contributed by atoms with van der Waals surface area (Å²) in [7, 11) is 0. The van der Waals surface area contributed by atoms with Crippen LogP contribution in [0, 0.1) is 6.92 Å². The van der Waals surface area contributed by atoms with Gasteiger partial charge in [0.05, 0.1) is 0 Å². The molecule has 1 amide bonds. The average Bonchev–Trinajstić information content (AvgIpc) is 2.93. The Hall–Kier alpha value is -3.16. The normalized spacial score (nSPS) is 10.7. The van der Waals surface area contributed by atoms with Crippen LogP contribution < -0.4 is 10.2 Å². The number of nitrogens with zero attached hydrogens (tertiary/aromatic N) is 5. The number of carboxylic acid groups (broad SMARTS) is 1. The molecule has 0 aliphatic heterocycles. The van der Waals surface area contributed by atoms with E-state index in [1.807, 2.05) is 43.0 Å². The van der Waals surface area contributed by atoms with Gasteiger partial charge in [0.15, 0.2) is 5.82 Å². The van der Waals surface area contributed by atoms with E-state index in [0.717, 1.165) is 11.3 Å². The van der Waals surface area contributed by atoms with Crippen LogP contribution in [0.4, 0.5) is 22.2 Å². The number of rotatable bonds is 4. The molecule has 0 atom stereocenters. The number of hydrogen-bond acceptors (Lipinski definition) is 5. The lowest BCUT2D eigenvalue weighted by atomic mass is 10.2. The SMILES string of the molecule is CCN(c1ccccc1C)c1nccn2c(NC(=O)O)nnc12. The first kappa shape index (κ1) is 14.8. The molecular weight excluding hydrogens is 296 g/mol. The van der Waals surface area contributed by atoms with E-state index in [4.69, 9.17) is 5.11 Å². The number of nitrogens with one attached hydrogen (secondary N) is 1. The van der Waals surface area contributed by atoms with Crippen molar-refractivity contribution >= 4 is 29.2 Å². The molecule has 0 bridgehead atoms. The van der Waals surface area contributed by atoms with Crippen LogP contribution in [0.3, 0.4) is 0 Å². The van der Waals surface area contributed by atoms with Gasteiger partial charge in [-0.3, -0.25) is 9.72 Å². The van der Waals surface area contributed by atoms with Crippen molar-refractivity contribution in [1.82, 2.24) is 19.6 Å². The number of anilines is 3. The molecule has 2 heterocycles. The maximum atomic E-state index is 10.8. The van der Waals surface area contributed by atoms with Crippen LogP contribution in [0.5, 0.6) is 0 Å². The molecule has 2 N–H and O–H groups in total. The van der Waals surface area contributed by atoms with Crippen LogP contribution in [0.25, 0.3) is 5.65 Å². The predicted molar refractivity (Wildman–Crippen MR) is 86.3 cm³/mol. The van der Waals surface area contributed by atoms with E-state index in [0.29, 0.717) is 18.0 Å². The third-order valence-electron chi connectivity index (χ3n) is 3.51. The van der Waals surface area contributed by atoms with Gasteiger partial charge >= 0.3 is 6.09 Å². The number of hydrogen-bond donors (Lipinski definition) is 2. The molecule has 3 rings (SSSR count). The van der Waals surface area contributed by atoms with E-state index in [9.17, 15) is 4.79 Å². The Morgan fingerprint density at radius 3 is 2.83 bits per heavy atom. The molecule has 8 nitrogen and oxygen atoms in total. The summed E-state index contributed by atoms with van der Waals surface area (Å²) in [4.78, 5) is 17.3. The van der Waals surface area contributed by atoms with Crippen LogP contribution >= 0.6 is 0 Å². The van der Waals surface area contributed by atoms with Gasteiger partial charge in [-0.25, -0.2) is 9.78 Å². The first-order valence-corrected chi connectivity index (χ1v) is 7.14. The Labute approximate surface area is 132 Å². The molecule has 8 heteroatoms. The molecular formula is C15H16N6O2. The van der Waals surface area contributed by atoms with Crippen molar-refractivity contribution in [3.63, 3.8) is 0 Å². The fraction of sp³-hybridized carbons (Fsp3) is 0.200. The minimum absolute atomic E-state index is 0.136. The van der Waals surface area contributed by atoms with E-state index in [-0.39, 0.29) is 5.95 Å². The molecule has 2 aromatic heterocycles. The molecule has 0 saturated carbocycles. The predicted octanol–water partition coefficient (Wildman–Crippen LogP) is 2.68. The fourth-order valence-corrected chi connectivity index (χ4v) is 2.49. The van der Waals surface area contributed by atoms with E-state index in [1.165, 1.54) is 0 Å². The summed E-state index contributed by atoms with van der Waals surface area (Å²) in [6, 6.07) is 7.98. The van der Waals surface area contributed by atoms with Crippen molar-refractivity contribution in [2.24, 2.45) is 0 Å². The van der Waals surface area contributed by atoms with Gasteiger partial charge in [-0.15, -0.1) is 10.2 Å². The molecule has 23 heavy (non-hydrogen) atoms. The molecule has 0 fully saturated rings. The molecule has 0 spiro atoms. The van der Waals surface area contributed by atoms with Crippen LogP contribution in [0.15, 0.2) is 36.7 Å². The zero-order valence-electron chi connectivity index (χ0n) is 12.8. The molecule has 0 unspecified atom stereocenters. The van der Waals surface area contributed by atoms with Crippen molar-refractivity contribution in [1.29, 1.82) is 0 Å². The van der Waals surface area contributed by atoms with Gasteiger partial charge in [-0.1, -0.05) is 18.2 Å². The third kappa shape index (κ3) is 2.66. The van der Waals surface area contributed by atoms with Crippen LogP contribution in [0.1, 0.15) is 12.5 Å². The fourth-order valence-electron chi connectivity index (χ4n) is 2.49. The number of aryl methyl sites for hydroxylation is 1. The lowest BCUT2D eigenvalue weighted by Gasteiger charge is -2.23. The van der Waals surface area contributed by atoms with Crippen LogP contribution in [-0.2, 0) is 0 Å².